The van der Waals surface area contributed by atoms with Crippen LogP contribution in [0.15, 0.2) is 0 Å². The normalized spacial score (nSPS) is 20.8. The highest BCUT2D eigenvalue weighted by Gasteiger charge is 2.13. The zero-order valence-electron chi connectivity index (χ0n) is 5.61. The van der Waals surface area contributed by atoms with Gasteiger partial charge in [-0.25, -0.2) is 4.79 Å². The SMILES string of the molecule is CCC1CNC(=O)NC1. The molecule has 1 saturated heterocycles. The van der Waals surface area contributed by atoms with E-state index in [0.717, 1.165) is 19.5 Å². The summed E-state index contributed by atoms with van der Waals surface area (Å²) < 4.78 is 0. The Morgan fingerprint density at radius 3 is 2.56 bits per heavy atom. The zero-order valence-corrected chi connectivity index (χ0v) is 5.61. The predicted molar refractivity (Wildman–Crippen MR) is 35.2 cm³/mol. The van der Waals surface area contributed by atoms with Gasteiger partial charge in [0.05, 0.1) is 0 Å². The van der Waals surface area contributed by atoms with E-state index in [-0.39, 0.29) is 6.03 Å². The smallest absolute Gasteiger partial charge is 0.314 e. The third-order valence-electron chi connectivity index (χ3n) is 1.68. The standard InChI is InChI=1S/C6H12N2O/c1-2-5-3-7-6(9)8-4-5/h5H,2-4H2,1H3,(H2,7,8,9). The van der Waals surface area contributed by atoms with Crippen LogP contribution < -0.4 is 10.6 Å². The molecule has 0 bridgehead atoms. The number of amides is 2. The molecule has 0 atom stereocenters. The molecule has 0 aromatic heterocycles. The van der Waals surface area contributed by atoms with Gasteiger partial charge in [0.25, 0.3) is 0 Å². The molecule has 1 rings (SSSR count). The molecule has 1 fully saturated rings. The quantitative estimate of drug-likeness (QED) is 0.525. The molecule has 1 aliphatic rings. The van der Waals surface area contributed by atoms with Crippen molar-refractivity contribution in [3.05, 3.63) is 0 Å². The molecule has 3 nitrogen and oxygen atoms in total. The van der Waals surface area contributed by atoms with Crippen LogP contribution in [0.4, 0.5) is 4.79 Å². The van der Waals surface area contributed by atoms with Gasteiger partial charge in [-0.05, 0) is 12.3 Å². The van der Waals surface area contributed by atoms with E-state index < -0.39 is 0 Å². The maximum absolute atomic E-state index is 10.5. The second-order valence-corrected chi connectivity index (χ2v) is 2.37. The van der Waals surface area contributed by atoms with E-state index in [0.29, 0.717) is 5.92 Å². The first-order valence-corrected chi connectivity index (χ1v) is 3.34. The van der Waals surface area contributed by atoms with Crippen molar-refractivity contribution >= 4 is 6.03 Å². The largest absolute Gasteiger partial charge is 0.338 e. The second-order valence-electron chi connectivity index (χ2n) is 2.37. The molecular formula is C6H12N2O. The Kier molecular flexibility index (Phi) is 1.92. The maximum atomic E-state index is 10.5. The molecule has 0 radical (unpaired) electrons. The lowest BCUT2D eigenvalue weighted by Crippen LogP contribution is -2.47. The molecule has 9 heavy (non-hydrogen) atoms. The van der Waals surface area contributed by atoms with Gasteiger partial charge in [-0.2, -0.15) is 0 Å². The van der Waals surface area contributed by atoms with Gasteiger partial charge >= 0.3 is 6.03 Å². The molecule has 0 spiro atoms. The molecule has 0 saturated carbocycles. The molecule has 1 aliphatic heterocycles. The number of nitrogens with one attached hydrogen (secondary N) is 2. The van der Waals surface area contributed by atoms with Crippen LogP contribution in [-0.4, -0.2) is 19.1 Å². The van der Waals surface area contributed by atoms with Crippen molar-refractivity contribution in [2.45, 2.75) is 13.3 Å². The first-order valence-electron chi connectivity index (χ1n) is 3.34. The summed E-state index contributed by atoms with van der Waals surface area (Å²) in [6, 6.07) is -0.0281. The number of carbonyl (C=O) groups is 1. The third kappa shape index (κ3) is 1.59. The Morgan fingerprint density at radius 1 is 1.56 bits per heavy atom. The fourth-order valence-electron chi connectivity index (χ4n) is 0.897. The van der Waals surface area contributed by atoms with Crippen LogP contribution in [-0.2, 0) is 0 Å². The first-order chi connectivity index (χ1) is 4.33. The minimum absolute atomic E-state index is 0.0281. The summed E-state index contributed by atoms with van der Waals surface area (Å²) >= 11 is 0. The van der Waals surface area contributed by atoms with Gasteiger partial charge in [0.1, 0.15) is 0 Å². The van der Waals surface area contributed by atoms with E-state index in [1.54, 1.807) is 0 Å². The molecule has 0 aliphatic carbocycles. The van der Waals surface area contributed by atoms with Crippen molar-refractivity contribution in [2.75, 3.05) is 13.1 Å². The van der Waals surface area contributed by atoms with Crippen LogP contribution in [0.5, 0.6) is 0 Å². The molecular weight excluding hydrogens is 116 g/mol. The first kappa shape index (κ1) is 6.39. The topological polar surface area (TPSA) is 41.1 Å². The summed E-state index contributed by atoms with van der Waals surface area (Å²) in [4.78, 5) is 10.5. The maximum Gasteiger partial charge on any atom is 0.314 e. The van der Waals surface area contributed by atoms with Crippen LogP contribution >= 0.6 is 0 Å². The van der Waals surface area contributed by atoms with E-state index in [9.17, 15) is 4.79 Å². The highest BCUT2D eigenvalue weighted by Crippen LogP contribution is 2.01. The Balaban J connectivity index is 2.26. The summed E-state index contributed by atoms with van der Waals surface area (Å²) in [5.41, 5.74) is 0. The van der Waals surface area contributed by atoms with Crippen molar-refractivity contribution in [3.63, 3.8) is 0 Å². The fraction of sp³-hybridized carbons (Fsp3) is 0.833. The number of urea groups is 1. The van der Waals surface area contributed by atoms with E-state index in [1.807, 2.05) is 0 Å². The lowest BCUT2D eigenvalue weighted by Gasteiger charge is -2.21. The van der Waals surface area contributed by atoms with Crippen molar-refractivity contribution in [1.29, 1.82) is 0 Å². The van der Waals surface area contributed by atoms with E-state index >= 15 is 0 Å². The number of carbonyl (C=O) groups excluding carboxylic acids is 1. The molecule has 0 unspecified atom stereocenters. The average Bonchev–Trinajstić information content (AvgIpc) is 1.90. The highest BCUT2D eigenvalue weighted by atomic mass is 16.2. The summed E-state index contributed by atoms with van der Waals surface area (Å²) in [5.74, 6) is 0.627. The number of hydrogen-bond donors (Lipinski definition) is 2. The monoisotopic (exact) mass is 128 g/mol. The van der Waals surface area contributed by atoms with E-state index in [1.165, 1.54) is 0 Å². The zero-order chi connectivity index (χ0) is 6.69. The minimum atomic E-state index is -0.0281. The number of rotatable bonds is 1. The predicted octanol–water partition coefficient (Wildman–Crippen LogP) is 0.325. The molecule has 0 aromatic rings. The molecule has 2 N–H and O–H groups in total. The Morgan fingerprint density at radius 2 is 2.11 bits per heavy atom. The molecule has 2 amide bonds. The van der Waals surface area contributed by atoms with Crippen molar-refractivity contribution in [2.24, 2.45) is 5.92 Å². The third-order valence-corrected chi connectivity index (χ3v) is 1.68. The lowest BCUT2D eigenvalue weighted by molar-refractivity contribution is 0.228. The molecule has 52 valence electrons. The van der Waals surface area contributed by atoms with Gasteiger partial charge in [0, 0.05) is 13.1 Å². The van der Waals surface area contributed by atoms with Crippen LogP contribution in [0.25, 0.3) is 0 Å². The Bertz CT molecular complexity index is 104. The van der Waals surface area contributed by atoms with Crippen molar-refractivity contribution in [3.8, 4) is 0 Å². The summed E-state index contributed by atoms with van der Waals surface area (Å²) in [7, 11) is 0. The van der Waals surface area contributed by atoms with Crippen LogP contribution in [0.3, 0.4) is 0 Å². The van der Waals surface area contributed by atoms with Crippen molar-refractivity contribution in [1.82, 2.24) is 10.6 Å². The summed E-state index contributed by atoms with van der Waals surface area (Å²) in [6.07, 6.45) is 1.13. The van der Waals surface area contributed by atoms with Crippen LogP contribution in [0, 0.1) is 5.92 Å². The second kappa shape index (κ2) is 2.71. The summed E-state index contributed by atoms with van der Waals surface area (Å²) in [5, 5.41) is 5.47. The average molecular weight is 128 g/mol. The molecule has 0 aromatic carbocycles. The van der Waals surface area contributed by atoms with E-state index in [2.05, 4.69) is 17.6 Å². The Hall–Kier alpha value is -0.730. The van der Waals surface area contributed by atoms with Crippen LogP contribution in [0.1, 0.15) is 13.3 Å². The van der Waals surface area contributed by atoms with Gasteiger partial charge in [-0.3, -0.25) is 0 Å². The highest BCUT2D eigenvalue weighted by molar-refractivity contribution is 5.74. The molecule has 1 heterocycles. The van der Waals surface area contributed by atoms with Gasteiger partial charge in [0.2, 0.25) is 0 Å². The van der Waals surface area contributed by atoms with Crippen LogP contribution in [0.2, 0.25) is 0 Å². The summed E-state index contributed by atoms with van der Waals surface area (Å²) in [6.45, 7) is 3.80. The van der Waals surface area contributed by atoms with Gasteiger partial charge in [0.15, 0.2) is 0 Å². The van der Waals surface area contributed by atoms with E-state index in [4.69, 9.17) is 0 Å². The number of hydrogen-bond acceptors (Lipinski definition) is 1. The van der Waals surface area contributed by atoms with Crippen molar-refractivity contribution < 1.29 is 4.79 Å². The minimum Gasteiger partial charge on any atom is -0.338 e. The molecule has 3 heteroatoms. The van der Waals surface area contributed by atoms with Gasteiger partial charge in [-0.1, -0.05) is 6.92 Å². The fourth-order valence-corrected chi connectivity index (χ4v) is 0.897. The Labute approximate surface area is 54.8 Å². The van der Waals surface area contributed by atoms with Gasteiger partial charge < -0.3 is 10.6 Å². The lowest BCUT2D eigenvalue weighted by atomic mass is 10.1. The van der Waals surface area contributed by atoms with Gasteiger partial charge in [-0.15, -0.1) is 0 Å².